The molecule has 0 saturated carbocycles. The van der Waals surface area contributed by atoms with Gasteiger partial charge in [0.25, 0.3) is 5.91 Å². The van der Waals surface area contributed by atoms with Crippen LogP contribution in [0.25, 0.3) is 5.57 Å². The number of fused-ring (bicyclic) bond motifs is 1. The highest BCUT2D eigenvalue weighted by Crippen LogP contribution is 2.31. The largest absolute Gasteiger partial charge is 0.366 e. The van der Waals surface area contributed by atoms with Gasteiger partial charge in [0.1, 0.15) is 0 Å². The minimum atomic E-state index is -0.491. The Morgan fingerprint density at radius 2 is 2.05 bits per heavy atom. The molecule has 1 aliphatic heterocycles. The Morgan fingerprint density at radius 1 is 1.42 bits per heavy atom. The second-order valence-electron chi connectivity index (χ2n) is 4.88. The van der Waals surface area contributed by atoms with E-state index < -0.39 is 5.91 Å². The SMILES string of the molecule is CCC(C)C1NC(=O)c2ccccc2C1=CC(N)=O. The highest BCUT2D eigenvalue weighted by atomic mass is 16.2. The van der Waals surface area contributed by atoms with Gasteiger partial charge in [-0.05, 0) is 23.1 Å². The van der Waals surface area contributed by atoms with Gasteiger partial charge < -0.3 is 11.1 Å². The molecule has 0 saturated heterocycles. The normalized spacial score (nSPS) is 21.7. The van der Waals surface area contributed by atoms with Crippen molar-refractivity contribution in [2.75, 3.05) is 0 Å². The fourth-order valence-electron chi connectivity index (χ4n) is 2.40. The number of nitrogens with two attached hydrogens (primary N) is 1. The van der Waals surface area contributed by atoms with Crippen molar-refractivity contribution in [1.82, 2.24) is 5.32 Å². The summed E-state index contributed by atoms with van der Waals surface area (Å²) in [6.07, 6.45) is 2.33. The van der Waals surface area contributed by atoms with Crippen molar-refractivity contribution in [3.63, 3.8) is 0 Å². The molecule has 0 fully saturated rings. The fourth-order valence-corrected chi connectivity index (χ4v) is 2.40. The van der Waals surface area contributed by atoms with Gasteiger partial charge in [-0.3, -0.25) is 9.59 Å². The molecule has 0 spiro atoms. The van der Waals surface area contributed by atoms with Crippen LogP contribution < -0.4 is 11.1 Å². The van der Waals surface area contributed by atoms with Crippen LogP contribution in [0.5, 0.6) is 0 Å². The van der Waals surface area contributed by atoms with Crippen molar-refractivity contribution in [2.24, 2.45) is 11.7 Å². The maximum absolute atomic E-state index is 12.1. The molecule has 100 valence electrons. The number of benzene rings is 1. The first-order valence-corrected chi connectivity index (χ1v) is 6.46. The molecule has 2 amide bonds. The van der Waals surface area contributed by atoms with Crippen LogP contribution in [0, 0.1) is 5.92 Å². The van der Waals surface area contributed by atoms with E-state index in [4.69, 9.17) is 5.73 Å². The molecule has 2 rings (SSSR count). The molecule has 0 aromatic heterocycles. The van der Waals surface area contributed by atoms with Gasteiger partial charge in [0.05, 0.1) is 6.04 Å². The molecule has 19 heavy (non-hydrogen) atoms. The van der Waals surface area contributed by atoms with E-state index in [-0.39, 0.29) is 17.9 Å². The molecule has 1 heterocycles. The van der Waals surface area contributed by atoms with Gasteiger partial charge in [0.2, 0.25) is 5.91 Å². The molecule has 3 N–H and O–H groups in total. The van der Waals surface area contributed by atoms with Crippen molar-refractivity contribution < 1.29 is 9.59 Å². The van der Waals surface area contributed by atoms with Crippen LogP contribution in [-0.4, -0.2) is 17.9 Å². The van der Waals surface area contributed by atoms with Gasteiger partial charge in [-0.1, -0.05) is 38.5 Å². The molecule has 0 radical (unpaired) electrons. The number of carbonyl (C=O) groups excluding carboxylic acids is 2. The monoisotopic (exact) mass is 258 g/mol. The summed E-state index contributed by atoms with van der Waals surface area (Å²) in [5.41, 5.74) is 7.49. The van der Waals surface area contributed by atoms with E-state index in [0.29, 0.717) is 5.56 Å². The predicted octanol–water partition coefficient (Wildman–Crippen LogP) is 1.71. The van der Waals surface area contributed by atoms with E-state index in [2.05, 4.69) is 12.2 Å². The first kappa shape index (κ1) is 13.3. The average molecular weight is 258 g/mol. The Hall–Kier alpha value is -2.10. The lowest BCUT2D eigenvalue weighted by Crippen LogP contribution is -2.44. The van der Waals surface area contributed by atoms with E-state index in [9.17, 15) is 9.59 Å². The van der Waals surface area contributed by atoms with Crippen LogP contribution >= 0.6 is 0 Å². The molecular formula is C15H18N2O2. The number of primary amides is 1. The van der Waals surface area contributed by atoms with Crippen molar-refractivity contribution in [2.45, 2.75) is 26.3 Å². The first-order chi connectivity index (χ1) is 9.04. The quantitative estimate of drug-likeness (QED) is 0.810. The Kier molecular flexibility index (Phi) is 3.69. The summed E-state index contributed by atoms with van der Waals surface area (Å²) in [4.78, 5) is 23.3. The first-order valence-electron chi connectivity index (χ1n) is 6.46. The second kappa shape index (κ2) is 5.26. The highest BCUT2D eigenvalue weighted by Gasteiger charge is 2.31. The van der Waals surface area contributed by atoms with Crippen molar-refractivity contribution >= 4 is 17.4 Å². The lowest BCUT2D eigenvalue weighted by molar-refractivity contribution is -0.113. The maximum Gasteiger partial charge on any atom is 0.252 e. The van der Waals surface area contributed by atoms with E-state index in [1.165, 1.54) is 6.08 Å². The number of rotatable bonds is 3. The van der Waals surface area contributed by atoms with E-state index >= 15 is 0 Å². The van der Waals surface area contributed by atoms with E-state index in [0.717, 1.165) is 17.6 Å². The van der Waals surface area contributed by atoms with Crippen LogP contribution in [0.2, 0.25) is 0 Å². The van der Waals surface area contributed by atoms with Crippen LogP contribution in [0.4, 0.5) is 0 Å². The number of amides is 2. The number of carbonyl (C=O) groups is 2. The topological polar surface area (TPSA) is 72.2 Å². The Bertz CT molecular complexity index is 549. The molecule has 2 unspecified atom stereocenters. The van der Waals surface area contributed by atoms with Crippen LogP contribution in [0.1, 0.15) is 36.2 Å². The third-order valence-corrected chi connectivity index (χ3v) is 3.62. The summed E-state index contributed by atoms with van der Waals surface area (Å²) in [5.74, 6) is -0.348. The molecule has 4 heteroatoms. The summed E-state index contributed by atoms with van der Waals surface area (Å²) < 4.78 is 0. The summed E-state index contributed by atoms with van der Waals surface area (Å²) in [6.45, 7) is 4.10. The minimum absolute atomic E-state index is 0.0949. The van der Waals surface area contributed by atoms with Gasteiger partial charge in [0.15, 0.2) is 0 Å². The average Bonchev–Trinajstić information content (AvgIpc) is 2.40. The van der Waals surface area contributed by atoms with Gasteiger partial charge in [-0.15, -0.1) is 0 Å². The molecule has 0 aliphatic carbocycles. The lowest BCUT2D eigenvalue weighted by Gasteiger charge is -2.32. The van der Waals surface area contributed by atoms with Crippen molar-refractivity contribution in [3.8, 4) is 0 Å². The summed E-state index contributed by atoms with van der Waals surface area (Å²) >= 11 is 0. The standard InChI is InChI=1S/C15H18N2O2/c1-3-9(2)14-12(8-13(16)18)10-6-4-5-7-11(10)15(19)17-14/h4-9,14H,3H2,1-2H3,(H2,16,18)(H,17,19). The molecule has 1 aromatic carbocycles. The zero-order chi connectivity index (χ0) is 14.0. The zero-order valence-electron chi connectivity index (χ0n) is 11.1. The van der Waals surface area contributed by atoms with Crippen molar-refractivity contribution in [3.05, 3.63) is 41.5 Å². The van der Waals surface area contributed by atoms with Crippen molar-refractivity contribution in [1.29, 1.82) is 0 Å². The third-order valence-electron chi connectivity index (χ3n) is 3.62. The maximum atomic E-state index is 12.1. The van der Waals surface area contributed by atoms with Gasteiger partial charge in [-0.2, -0.15) is 0 Å². The molecule has 4 nitrogen and oxygen atoms in total. The third kappa shape index (κ3) is 2.52. The molecule has 2 atom stereocenters. The lowest BCUT2D eigenvalue weighted by atomic mass is 9.82. The highest BCUT2D eigenvalue weighted by molar-refractivity contribution is 6.06. The van der Waals surface area contributed by atoms with E-state index in [1.807, 2.05) is 25.1 Å². The molecule has 1 aliphatic rings. The number of nitrogens with one attached hydrogen (secondary N) is 1. The Balaban J connectivity index is 2.57. The predicted molar refractivity (Wildman–Crippen MR) is 74.3 cm³/mol. The molecular weight excluding hydrogens is 240 g/mol. The Labute approximate surface area is 112 Å². The zero-order valence-corrected chi connectivity index (χ0v) is 11.1. The summed E-state index contributed by atoms with van der Waals surface area (Å²) in [7, 11) is 0. The summed E-state index contributed by atoms with van der Waals surface area (Å²) in [6, 6.07) is 7.12. The van der Waals surface area contributed by atoms with Crippen LogP contribution in [0.3, 0.4) is 0 Å². The Morgan fingerprint density at radius 3 is 2.63 bits per heavy atom. The smallest absolute Gasteiger partial charge is 0.252 e. The molecule has 1 aromatic rings. The second-order valence-corrected chi connectivity index (χ2v) is 4.88. The van der Waals surface area contributed by atoms with Gasteiger partial charge >= 0.3 is 0 Å². The number of hydrogen-bond donors (Lipinski definition) is 2. The molecule has 0 bridgehead atoms. The van der Waals surface area contributed by atoms with E-state index in [1.54, 1.807) is 6.07 Å². The van der Waals surface area contributed by atoms with Crippen LogP contribution in [0.15, 0.2) is 30.3 Å². The van der Waals surface area contributed by atoms with Gasteiger partial charge in [0, 0.05) is 11.6 Å². The minimum Gasteiger partial charge on any atom is -0.366 e. The summed E-state index contributed by atoms with van der Waals surface area (Å²) in [5, 5.41) is 2.96. The van der Waals surface area contributed by atoms with Gasteiger partial charge in [-0.25, -0.2) is 0 Å². The number of hydrogen-bond acceptors (Lipinski definition) is 2. The fraction of sp³-hybridized carbons (Fsp3) is 0.333. The van der Waals surface area contributed by atoms with Crippen LogP contribution in [-0.2, 0) is 4.79 Å².